The van der Waals surface area contributed by atoms with Gasteiger partial charge in [0, 0.05) is 25.3 Å². The molecular formula is C24H24N2O3. The van der Waals surface area contributed by atoms with Gasteiger partial charge in [-0.2, -0.15) is 5.26 Å². The number of carbonyl (C=O) groups is 3. The summed E-state index contributed by atoms with van der Waals surface area (Å²) >= 11 is 0. The topological polar surface area (TPSA) is 87.0 Å². The average Bonchev–Trinajstić information content (AvgIpc) is 2.94. The molecule has 0 heterocycles. The Bertz CT molecular complexity index is 992. The summed E-state index contributed by atoms with van der Waals surface area (Å²) in [6.07, 6.45) is 0.127. The van der Waals surface area contributed by atoms with E-state index >= 15 is 0 Å². The largest absolute Gasteiger partial charge is 0.352 e. The molecule has 0 spiro atoms. The van der Waals surface area contributed by atoms with Crippen molar-refractivity contribution in [1.29, 1.82) is 5.26 Å². The summed E-state index contributed by atoms with van der Waals surface area (Å²) in [5.41, 5.74) is 5.21. The highest BCUT2D eigenvalue weighted by Crippen LogP contribution is 2.37. The fourth-order valence-corrected chi connectivity index (χ4v) is 4.17. The van der Waals surface area contributed by atoms with Crippen LogP contribution in [0, 0.1) is 38.0 Å². The van der Waals surface area contributed by atoms with Gasteiger partial charge in [-0.1, -0.05) is 29.8 Å². The molecule has 3 rings (SSSR count). The number of ketones is 2. The molecule has 2 unspecified atom stereocenters. The summed E-state index contributed by atoms with van der Waals surface area (Å²) in [5.74, 6) is -1.84. The lowest BCUT2D eigenvalue weighted by Crippen LogP contribution is -2.27. The summed E-state index contributed by atoms with van der Waals surface area (Å²) in [7, 11) is 0. The van der Waals surface area contributed by atoms with Gasteiger partial charge in [-0.25, -0.2) is 0 Å². The number of Topliss-reactive ketones (excluding diaryl/α,β-unsaturated/α-hetero) is 2. The quantitative estimate of drug-likeness (QED) is 0.795. The molecule has 0 saturated heterocycles. The second-order valence-corrected chi connectivity index (χ2v) is 7.80. The maximum Gasteiger partial charge on any atom is 0.221 e. The number of carbonyl (C=O) groups excluding carboxylic acids is 3. The standard InChI is InChI=1S/C24H24N2O3/c1-14-8-15(2)22(16(3)9-14)23-20(27)10-19(24(23)29)11-21(28)26-13-18-6-4-17(12-25)5-7-18/h4-9,19,23H,10-11,13H2,1-3H3,(H,26,28). The third-order valence-electron chi connectivity index (χ3n) is 5.49. The molecule has 5 nitrogen and oxygen atoms in total. The Labute approximate surface area is 170 Å². The molecule has 0 radical (unpaired) electrons. The van der Waals surface area contributed by atoms with Crippen molar-refractivity contribution in [3.8, 4) is 6.07 Å². The summed E-state index contributed by atoms with van der Waals surface area (Å²) < 4.78 is 0. The zero-order valence-corrected chi connectivity index (χ0v) is 16.9. The minimum atomic E-state index is -0.757. The van der Waals surface area contributed by atoms with Gasteiger partial charge in [-0.15, -0.1) is 0 Å². The number of nitrogens with zero attached hydrogens (tertiary/aromatic N) is 1. The van der Waals surface area contributed by atoms with Crippen LogP contribution < -0.4 is 5.32 Å². The van der Waals surface area contributed by atoms with Crippen molar-refractivity contribution in [1.82, 2.24) is 5.32 Å². The number of hydrogen-bond donors (Lipinski definition) is 1. The lowest BCUT2D eigenvalue weighted by atomic mass is 9.86. The highest BCUT2D eigenvalue weighted by Gasteiger charge is 2.43. The van der Waals surface area contributed by atoms with Crippen LogP contribution >= 0.6 is 0 Å². The molecule has 1 aliphatic carbocycles. The van der Waals surface area contributed by atoms with Crippen molar-refractivity contribution in [2.45, 2.75) is 46.1 Å². The predicted octanol–water partition coefficient (Wildman–Crippen LogP) is 3.43. The Balaban J connectivity index is 1.65. The third kappa shape index (κ3) is 4.43. The molecule has 1 saturated carbocycles. The molecule has 29 heavy (non-hydrogen) atoms. The van der Waals surface area contributed by atoms with E-state index in [1.807, 2.05) is 39.0 Å². The predicted molar refractivity (Wildman–Crippen MR) is 109 cm³/mol. The second-order valence-electron chi connectivity index (χ2n) is 7.80. The van der Waals surface area contributed by atoms with Gasteiger partial charge in [-0.3, -0.25) is 14.4 Å². The van der Waals surface area contributed by atoms with E-state index in [1.54, 1.807) is 24.3 Å². The highest BCUT2D eigenvalue weighted by atomic mass is 16.2. The number of rotatable bonds is 5. The molecule has 0 aliphatic heterocycles. The summed E-state index contributed by atoms with van der Waals surface area (Å²) in [6.45, 7) is 6.16. The van der Waals surface area contributed by atoms with E-state index in [1.165, 1.54) is 0 Å². The molecule has 1 fully saturated rings. The lowest BCUT2D eigenvalue weighted by Gasteiger charge is -2.16. The van der Waals surface area contributed by atoms with Crippen LogP contribution in [-0.2, 0) is 20.9 Å². The molecule has 0 bridgehead atoms. The first-order chi connectivity index (χ1) is 13.8. The Morgan fingerprint density at radius 2 is 1.72 bits per heavy atom. The minimum Gasteiger partial charge on any atom is -0.352 e. The van der Waals surface area contributed by atoms with E-state index in [-0.39, 0.29) is 30.3 Å². The van der Waals surface area contributed by atoms with E-state index in [0.717, 1.165) is 27.8 Å². The molecule has 1 aliphatic rings. The van der Waals surface area contributed by atoms with Crippen LogP contribution in [0.4, 0.5) is 0 Å². The zero-order chi connectivity index (χ0) is 21.1. The van der Waals surface area contributed by atoms with Gasteiger partial charge in [0.05, 0.1) is 11.6 Å². The van der Waals surface area contributed by atoms with Gasteiger partial charge in [0.15, 0.2) is 5.78 Å². The van der Waals surface area contributed by atoms with E-state index in [2.05, 4.69) is 5.32 Å². The van der Waals surface area contributed by atoms with E-state index < -0.39 is 11.8 Å². The monoisotopic (exact) mass is 388 g/mol. The van der Waals surface area contributed by atoms with Gasteiger partial charge in [0.1, 0.15) is 11.7 Å². The van der Waals surface area contributed by atoms with Crippen molar-refractivity contribution in [2.24, 2.45) is 5.92 Å². The molecule has 1 amide bonds. The molecular weight excluding hydrogens is 364 g/mol. The van der Waals surface area contributed by atoms with Crippen LogP contribution in [0.1, 0.15) is 52.1 Å². The van der Waals surface area contributed by atoms with Crippen molar-refractivity contribution < 1.29 is 14.4 Å². The van der Waals surface area contributed by atoms with Gasteiger partial charge in [0.2, 0.25) is 5.91 Å². The number of hydrogen-bond acceptors (Lipinski definition) is 4. The number of aryl methyl sites for hydroxylation is 3. The summed E-state index contributed by atoms with van der Waals surface area (Å²) in [4.78, 5) is 37.9. The van der Waals surface area contributed by atoms with E-state index in [9.17, 15) is 14.4 Å². The van der Waals surface area contributed by atoms with Gasteiger partial charge < -0.3 is 5.32 Å². The first-order valence-corrected chi connectivity index (χ1v) is 9.70. The minimum absolute atomic E-state index is 0.0152. The average molecular weight is 388 g/mol. The maximum absolute atomic E-state index is 13.0. The zero-order valence-electron chi connectivity index (χ0n) is 16.9. The van der Waals surface area contributed by atoms with Crippen LogP contribution in [0.2, 0.25) is 0 Å². The Morgan fingerprint density at radius 3 is 2.31 bits per heavy atom. The molecule has 2 atom stereocenters. The number of nitrogens with one attached hydrogen (secondary N) is 1. The maximum atomic E-state index is 13.0. The third-order valence-corrected chi connectivity index (χ3v) is 5.49. The fourth-order valence-electron chi connectivity index (χ4n) is 4.17. The lowest BCUT2D eigenvalue weighted by molar-refractivity contribution is -0.128. The van der Waals surface area contributed by atoms with Crippen LogP contribution in [0.25, 0.3) is 0 Å². The normalized spacial score (nSPS) is 18.6. The molecule has 1 N–H and O–H groups in total. The first-order valence-electron chi connectivity index (χ1n) is 9.70. The van der Waals surface area contributed by atoms with E-state index in [0.29, 0.717) is 12.1 Å². The highest BCUT2D eigenvalue weighted by molar-refractivity contribution is 6.15. The molecule has 2 aromatic rings. The van der Waals surface area contributed by atoms with Crippen LogP contribution in [0.3, 0.4) is 0 Å². The van der Waals surface area contributed by atoms with Crippen molar-refractivity contribution in [3.05, 3.63) is 69.8 Å². The Hall–Kier alpha value is -3.26. The van der Waals surface area contributed by atoms with E-state index in [4.69, 9.17) is 5.26 Å². The van der Waals surface area contributed by atoms with Gasteiger partial charge >= 0.3 is 0 Å². The summed E-state index contributed by atoms with van der Waals surface area (Å²) in [5, 5.41) is 11.6. The van der Waals surface area contributed by atoms with Crippen molar-refractivity contribution in [3.63, 3.8) is 0 Å². The number of amides is 1. The van der Waals surface area contributed by atoms with Crippen molar-refractivity contribution in [2.75, 3.05) is 0 Å². The van der Waals surface area contributed by atoms with Crippen LogP contribution in [0.15, 0.2) is 36.4 Å². The van der Waals surface area contributed by atoms with Crippen LogP contribution in [0.5, 0.6) is 0 Å². The SMILES string of the molecule is Cc1cc(C)c(C2C(=O)CC(CC(=O)NCc3ccc(C#N)cc3)C2=O)c(C)c1. The molecule has 148 valence electrons. The number of nitriles is 1. The fraction of sp³-hybridized carbons (Fsp3) is 0.333. The smallest absolute Gasteiger partial charge is 0.221 e. The van der Waals surface area contributed by atoms with Crippen LogP contribution in [-0.4, -0.2) is 17.5 Å². The molecule has 2 aromatic carbocycles. The van der Waals surface area contributed by atoms with Gasteiger partial charge in [-0.05, 0) is 55.2 Å². The number of benzene rings is 2. The van der Waals surface area contributed by atoms with Gasteiger partial charge in [0.25, 0.3) is 0 Å². The van der Waals surface area contributed by atoms with Crippen molar-refractivity contribution >= 4 is 17.5 Å². The second kappa shape index (κ2) is 8.40. The first kappa shape index (κ1) is 20.5. The Morgan fingerprint density at radius 1 is 1.10 bits per heavy atom. The Kier molecular flexibility index (Phi) is 5.93. The molecule has 5 heteroatoms. The molecule has 0 aromatic heterocycles. The summed E-state index contributed by atoms with van der Waals surface area (Å²) in [6, 6.07) is 13.0.